The maximum Gasteiger partial charge on any atom is 0.313 e. The number of imidazole rings is 2. The van der Waals surface area contributed by atoms with Crippen LogP contribution in [0.5, 0.6) is 0 Å². The largest absolute Gasteiger partial charge is 0.481 e. The molecule has 0 aliphatic carbocycles. The van der Waals surface area contributed by atoms with Crippen molar-refractivity contribution in [1.29, 1.82) is 0 Å². The number of aliphatic hydroxyl groups excluding tert-OH is 1. The second kappa shape index (κ2) is 20.6. The Kier molecular flexibility index (Phi) is 15.9. The van der Waals surface area contributed by atoms with Gasteiger partial charge in [0.05, 0.1) is 24.2 Å². The van der Waals surface area contributed by atoms with Crippen LogP contribution in [-0.4, -0.2) is 78.8 Å². The van der Waals surface area contributed by atoms with Crippen molar-refractivity contribution in [2.24, 2.45) is 17.4 Å². The van der Waals surface area contributed by atoms with Crippen LogP contribution in [0.15, 0.2) is 110 Å². The normalized spacial score (nSPS) is 14.4. The van der Waals surface area contributed by atoms with Gasteiger partial charge in [-0.15, -0.1) is 0 Å². The van der Waals surface area contributed by atoms with E-state index in [1.807, 2.05) is 72.8 Å². The van der Waals surface area contributed by atoms with Crippen molar-refractivity contribution in [1.82, 2.24) is 24.8 Å². The lowest BCUT2D eigenvalue weighted by molar-refractivity contribution is -0.142. The summed E-state index contributed by atoms with van der Waals surface area (Å²) >= 11 is 0. The molecule has 1 atom stereocenters. The summed E-state index contributed by atoms with van der Waals surface area (Å²) in [5.74, 6) is -0.733. The van der Waals surface area contributed by atoms with Crippen LogP contribution >= 0.6 is 0 Å². The van der Waals surface area contributed by atoms with E-state index in [4.69, 9.17) is 11.5 Å². The molecule has 2 aromatic heterocycles. The highest BCUT2D eigenvalue weighted by atomic mass is 16.4. The molecule has 1 unspecified atom stereocenters. The maximum absolute atomic E-state index is 12.1. The fraction of sp³-hybridized carbons (Fsp3) is 0.405. The molecule has 6 rings (SSSR count). The number of carboxylic acid groups (broad SMARTS) is 1. The number of likely N-dealkylation sites (tertiary alicyclic amines) is 1. The summed E-state index contributed by atoms with van der Waals surface area (Å²) in [6.45, 7) is 7.48. The average Bonchev–Trinajstić information content (AvgIpc) is 3.92. The average molecular weight is 724 g/mol. The summed E-state index contributed by atoms with van der Waals surface area (Å²) in [4.78, 5) is 27.5. The van der Waals surface area contributed by atoms with Crippen molar-refractivity contribution in [3.8, 4) is 0 Å². The number of H-pyrrole nitrogens is 2. The number of nitrogens with one attached hydrogen (secondary N) is 2. The van der Waals surface area contributed by atoms with Crippen LogP contribution in [0.4, 0.5) is 0 Å². The van der Waals surface area contributed by atoms with Gasteiger partial charge < -0.3 is 41.7 Å². The zero-order valence-corrected chi connectivity index (χ0v) is 31.1. The highest BCUT2D eigenvalue weighted by molar-refractivity contribution is 5.80. The predicted molar refractivity (Wildman–Crippen MR) is 209 cm³/mol. The number of hydrogen-bond acceptors (Lipinski definition) is 8. The van der Waals surface area contributed by atoms with Gasteiger partial charge in [-0.1, -0.05) is 84.9 Å². The van der Waals surface area contributed by atoms with E-state index in [0.29, 0.717) is 19.5 Å². The van der Waals surface area contributed by atoms with Gasteiger partial charge in [0.1, 0.15) is 5.60 Å². The van der Waals surface area contributed by atoms with E-state index < -0.39 is 23.1 Å². The number of nitrogens with zero attached hydrogens (tertiary/aromatic N) is 3. The molecule has 0 saturated carbocycles. The molecule has 11 nitrogen and oxygen atoms in total. The molecule has 53 heavy (non-hydrogen) atoms. The van der Waals surface area contributed by atoms with E-state index in [1.54, 1.807) is 51.0 Å². The van der Waals surface area contributed by atoms with Gasteiger partial charge in [0, 0.05) is 36.6 Å². The van der Waals surface area contributed by atoms with Crippen molar-refractivity contribution in [2.45, 2.75) is 69.5 Å². The third kappa shape index (κ3) is 11.7. The van der Waals surface area contributed by atoms with Crippen LogP contribution in [0.2, 0.25) is 0 Å². The quantitative estimate of drug-likeness (QED) is 0.0794. The SMILES string of the molecule is CC(C)(C(=O)O)c1ccc(C(O)CCCN2CCC(C(O)(c3ccccc3)c3ccccc3)CC2)cc1.NCCc1cnc[nH]1.NCCc1cnc[nH]1. The van der Waals surface area contributed by atoms with Gasteiger partial charge >= 0.3 is 5.97 Å². The number of nitrogens with two attached hydrogens (primary N) is 2. The van der Waals surface area contributed by atoms with Crippen molar-refractivity contribution in [3.63, 3.8) is 0 Å². The van der Waals surface area contributed by atoms with Crippen LogP contribution in [0, 0.1) is 5.92 Å². The van der Waals surface area contributed by atoms with Crippen LogP contribution in [0.25, 0.3) is 0 Å². The highest BCUT2D eigenvalue weighted by Gasteiger charge is 2.41. The Labute approximate surface area is 313 Å². The van der Waals surface area contributed by atoms with Crippen LogP contribution in [-0.2, 0) is 28.7 Å². The number of aliphatic hydroxyl groups is 2. The number of aliphatic carboxylic acids is 1. The summed E-state index contributed by atoms with van der Waals surface area (Å²) < 4.78 is 0. The minimum Gasteiger partial charge on any atom is -0.481 e. The van der Waals surface area contributed by atoms with Crippen molar-refractivity contribution in [2.75, 3.05) is 32.7 Å². The van der Waals surface area contributed by atoms with E-state index in [9.17, 15) is 20.1 Å². The first-order valence-corrected chi connectivity index (χ1v) is 18.5. The minimum atomic E-state index is -1.01. The van der Waals surface area contributed by atoms with Gasteiger partial charge in [0.15, 0.2) is 0 Å². The summed E-state index contributed by atoms with van der Waals surface area (Å²) in [5.41, 5.74) is 14.2. The second-order valence-electron chi connectivity index (χ2n) is 14.1. The molecule has 3 heterocycles. The van der Waals surface area contributed by atoms with E-state index in [-0.39, 0.29) is 5.92 Å². The lowest BCUT2D eigenvalue weighted by Gasteiger charge is -2.42. The lowest BCUT2D eigenvalue weighted by Crippen LogP contribution is -2.44. The zero-order valence-electron chi connectivity index (χ0n) is 31.1. The number of carbonyl (C=O) groups is 1. The third-order valence-corrected chi connectivity index (χ3v) is 10.0. The Morgan fingerprint density at radius 1 is 0.811 bits per heavy atom. The maximum atomic E-state index is 12.1. The van der Waals surface area contributed by atoms with Crippen molar-refractivity contribution < 1.29 is 20.1 Å². The smallest absolute Gasteiger partial charge is 0.313 e. The summed E-state index contributed by atoms with van der Waals surface area (Å²) in [7, 11) is 0. The zero-order chi connectivity index (χ0) is 38.1. The van der Waals surface area contributed by atoms with Crippen molar-refractivity contribution >= 4 is 5.97 Å². The van der Waals surface area contributed by atoms with Gasteiger partial charge in [-0.05, 0) is 100 Å². The monoisotopic (exact) mass is 723 g/mol. The number of rotatable bonds is 14. The first kappa shape index (κ1) is 41.1. The molecule has 0 spiro atoms. The number of aromatic amines is 2. The Morgan fingerprint density at radius 3 is 1.72 bits per heavy atom. The second-order valence-corrected chi connectivity index (χ2v) is 14.1. The van der Waals surface area contributed by atoms with Crippen molar-refractivity contribution in [3.05, 3.63) is 144 Å². The molecule has 0 radical (unpaired) electrons. The van der Waals surface area contributed by atoms with Gasteiger partial charge in [0.25, 0.3) is 0 Å². The van der Waals surface area contributed by atoms with Crippen LogP contribution in [0.3, 0.4) is 0 Å². The molecule has 1 saturated heterocycles. The Morgan fingerprint density at radius 2 is 1.30 bits per heavy atom. The third-order valence-electron chi connectivity index (χ3n) is 10.0. The summed E-state index contributed by atoms with van der Waals surface area (Å²) in [6.07, 6.45) is 11.4. The van der Waals surface area contributed by atoms with Crippen LogP contribution < -0.4 is 11.5 Å². The molecule has 9 N–H and O–H groups in total. The van der Waals surface area contributed by atoms with E-state index in [1.165, 1.54) is 0 Å². The molecule has 1 fully saturated rings. The van der Waals surface area contributed by atoms with Gasteiger partial charge in [-0.3, -0.25) is 4.79 Å². The molecule has 0 bridgehead atoms. The fourth-order valence-corrected chi connectivity index (χ4v) is 6.67. The highest BCUT2D eigenvalue weighted by Crippen LogP contribution is 2.42. The Bertz CT molecular complexity index is 1630. The topological polar surface area (TPSA) is 190 Å². The number of piperidine rings is 1. The summed E-state index contributed by atoms with van der Waals surface area (Å²) in [6, 6.07) is 27.3. The molecular weight excluding hydrogens is 667 g/mol. The van der Waals surface area contributed by atoms with Gasteiger partial charge in [-0.25, -0.2) is 9.97 Å². The number of aromatic nitrogens is 4. The molecule has 284 valence electrons. The fourth-order valence-electron chi connectivity index (χ4n) is 6.67. The van der Waals surface area contributed by atoms with Crippen LogP contribution in [0.1, 0.15) is 79.3 Å². The molecule has 11 heteroatoms. The number of benzene rings is 3. The number of hydrogen-bond donors (Lipinski definition) is 7. The first-order chi connectivity index (χ1) is 25.6. The summed E-state index contributed by atoms with van der Waals surface area (Å²) in [5, 5.41) is 32.2. The van der Waals surface area contributed by atoms with E-state index in [0.717, 1.165) is 85.4 Å². The Balaban J connectivity index is 0.000000320. The van der Waals surface area contributed by atoms with E-state index >= 15 is 0 Å². The molecule has 0 amide bonds. The molecule has 3 aromatic carbocycles. The predicted octanol–water partition coefficient (Wildman–Crippen LogP) is 5.33. The molecular formula is C42H57N7O4. The lowest BCUT2D eigenvalue weighted by atomic mass is 9.72. The van der Waals surface area contributed by atoms with Gasteiger partial charge in [0.2, 0.25) is 0 Å². The Hall–Kier alpha value is -4.65. The molecule has 1 aliphatic rings. The van der Waals surface area contributed by atoms with E-state index in [2.05, 4.69) is 24.8 Å². The first-order valence-electron chi connectivity index (χ1n) is 18.5. The minimum absolute atomic E-state index is 0.132. The molecule has 1 aliphatic heterocycles. The van der Waals surface area contributed by atoms with Gasteiger partial charge in [-0.2, -0.15) is 0 Å². The number of carboxylic acids is 1. The molecule has 5 aromatic rings. The standard InChI is InChI=1S/C32H39NO4.2C5H9N3/c1-31(2,30(35)36)25-17-15-24(16-18-25)29(34)14-9-21-33-22-19-28(20-23-33)32(37,26-10-5-3-6-11-26)27-12-7-4-8-13-27;2*6-2-1-5-3-7-4-8-5/h3-8,10-13,15-18,28-29,34,37H,9,14,19-23H2,1-2H3,(H,35,36);2*3-4H,1-2,6H2,(H,7,8).